The first-order valence-corrected chi connectivity index (χ1v) is 9.79. The standard InChI is InChI=1S/C20H33N5O2/c1-4-27-20(26)25-12-10-17(11-13-25)24-19(21)22-14-18(15(2)3)23-16-8-6-5-7-9-16/h5-9,15,17-18,23H,4,10-14H2,1-3H3,(H3,21,22,24). The van der Waals surface area contributed by atoms with E-state index in [-0.39, 0.29) is 18.2 Å². The predicted molar refractivity (Wildman–Crippen MR) is 110 cm³/mol. The number of amides is 1. The molecule has 0 aromatic heterocycles. The van der Waals surface area contributed by atoms with Gasteiger partial charge in [0.1, 0.15) is 0 Å². The van der Waals surface area contributed by atoms with Gasteiger partial charge in [-0.05, 0) is 37.8 Å². The molecule has 4 N–H and O–H groups in total. The van der Waals surface area contributed by atoms with Crippen LogP contribution in [-0.4, -0.2) is 55.3 Å². The van der Waals surface area contributed by atoms with Crippen molar-refractivity contribution in [2.45, 2.75) is 45.7 Å². The number of aliphatic imine (C=N–C) groups is 1. The molecule has 1 aromatic carbocycles. The van der Waals surface area contributed by atoms with Crippen molar-refractivity contribution < 1.29 is 9.53 Å². The van der Waals surface area contributed by atoms with Gasteiger partial charge in [-0.2, -0.15) is 0 Å². The number of guanidine groups is 1. The van der Waals surface area contributed by atoms with Crippen molar-refractivity contribution in [2.75, 3.05) is 31.6 Å². The molecule has 0 saturated carbocycles. The lowest BCUT2D eigenvalue weighted by Crippen LogP contribution is -2.48. The summed E-state index contributed by atoms with van der Waals surface area (Å²) in [5.74, 6) is 0.889. The number of hydrogen-bond acceptors (Lipinski definition) is 4. The molecule has 150 valence electrons. The van der Waals surface area contributed by atoms with E-state index >= 15 is 0 Å². The number of carbonyl (C=O) groups excluding carboxylic acids is 1. The fourth-order valence-electron chi connectivity index (χ4n) is 3.04. The van der Waals surface area contributed by atoms with E-state index in [1.165, 1.54) is 0 Å². The summed E-state index contributed by atoms with van der Waals surface area (Å²) in [6.45, 7) is 8.52. The Hall–Kier alpha value is -2.44. The summed E-state index contributed by atoms with van der Waals surface area (Å²) in [4.78, 5) is 18.0. The molecule has 7 nitrogen and oxygen atoms in total. The molecular weight excluding hydrogens is 342 g/mol. The number of carbonyl (C=O) groups is 1. The van der Waals surface area contributed by atoms with Gasteiger partial charge in [-0.1, -0.05) is 32.0 Å². The minimum Gasteiger partial charge on any atom is -0.450 e. The second kappa shape index (κ2) is 10.6. The molecular formula is C20H33N5O2. The summed E-state index contributed by atoms with van der Waals surface area (Å²) < 4.78 is 5.05. The Kier molecular flexibility index (Phi) is 8.23. The van der Waals surface area contributed by atoms with Crippen LogP contribution in [0.2, 0.25) is 0 Å². The minimum atomic E-state index is -0.232. The smallest absolute Gasteiger partial charge is 0.409 e. The number of piperidine rings is 1. The highest BCUT2D eigenvalue weighted by Crippen LogP contribution is 2.13. The summed E-state index contributed by atoms with van der Waals surface area (Å²) in [6.07, 6.45) is 1.44. The zero-order chi connectivity index (χ0) is 19.6. The van der Waals surface area contributed by atoms with Crippen LogP contribution in [0.15, 0.2) is 35.3 Å². The van der Waals surface area contributed by atoms with Crippen molar-refractivity contribution in [2.24, 2.45) is 16.6 Å². The summed E-state index contributed by atoms with van der Waals surface area (Å²) in [5, 5.41) is 6.81. The number of anilines is 1. The quantitative estimate of drug-likeness (QED) is 0.503. The number of rotatable bonds is 7. The van der Waals surface area contributed by atoms with E-state index in [0.717, 1.165) is 18.5 Å². The summed E-state index contributed by atoms with van der Waals surface area (Å²) in [6, 6.07) is 10.6. The lowest BCUT2D eigenvalue weighted by molar-refractivity contribution is 0.0963. The van der Waals surface area contributed by atoms with Crippen LogP contribution in [0.25, 0.3) is 0 Å². The average Bonchev–Trinajstić information content (AvgIpc) is 2.66. The predicted octanol–water partition coefficient (Wildman–Crippen LogP) is 2.65. The van der Waals surface area contributed by atoms with Crippen LogP contribution in [0, 0.1) is 5.92 Å². The molecule has 1 aliphatic heterocycles. The highest BCUT2D eigenvalue weighted by molar-refractivity contribution is 5.78. The Morgan fingerprint density at radius 2 is 1.96 bits per heavy atom. The highest BCUT2D eigenvalue weighted by Gasteiger charge is 2.23. The van der Waals surface area contributed by atoms with E-state index in [0.29, 0.717) is 38.1 Å². The zero-order valence-corrected chi connectivity index (χ0v) is 16.6. The van der Waals surface area contributed by atoms with Crippen molar-refractivity contribution in [3.63, 3.8) is 0 Å². The van der Waals surface area contributed by atoms with Crippen LogP contribution in [0.3, 0.4) is 0 Å². The van der Waals surface area contributed by atoms with Gasteiger partial charge in [-0.15, -0.1) is 0 Å². The van der Waals surface area contributed by atoms with Gasteiger partial charge in [0.15, 0.2) is 5.96 Å². The van der Waals surface area contributed by atoms with Gasteiger partial charge in [-0.25, -0.2) is 4.79 Å². The summed E-state index contributed by atoms with van der Waals surface area (Å²) in [7, 11) is 0. The van der Waals surface area contributed by atoms with Crippen molar-refractivity contribution in [1.29, 1.82) is 0 Å². The summed E-state index contributed by atoms with van der Waals surface area (Å²) >= 11 is 0. The number of benzene rings is 1. The fraction of sp³-hybridized carbons (Fsp3) is 0.600. The van der Waals surface area contributed by atoms with Crippen LogP contribution in [0.5, 0.6) is 0 Å². The SMILES string of the molecule is CCOC(=O)N1CCC(NC(N)=NCC(Nc2ccccc2)C(C)C)CC1. The number of ether oxygens (including phenoxy) is 1. The number of nitrogens with one attached hydrogen (secondary N) is 2. The molecule has 0 aliphatic carbocycles. The minimum absolute atomic E-state index is 0.207. The maximum absolute atomic E-state index is 11.7. The molecule has 1 aliphatic rings. The van der Waals surface area contributed by atoms with Gasteiger partial charge < -0.3 is 26.0 Å². The molecule has 1 heterocycles. The van der Waals surface area contributed by atoms with Gasteiger partial charge in [0.05, 0.1) is 13.2 Å². The molecule has 1 fully saturated rings. The Morgan fingerprint density at radius 1 is 1.30 bits per heavy atom. The molecule has 1 atom stereocenters. The number of nitrogens with two attached hydrogens (primary N) is 1. The lowest BCUT2D eigenvalue weighted by Gasteiger charge is -2.32. The van der Waals surface area contributed by atoms with Gasteiger partial charge in [0, 0.05) is 30.9 Å². The Morgan fingerprint density at radius 3 is 2.56 bits per heavy atom. The van der Waals surface area contributed by atoms with E-state index in [1.54, 1.807) is 4.90 Å². The van der Waals surface area contributed by atoms with Gasteiger partial charge in [0.2, 0.25) is 0 Å². The van der Waals surface area contributed by atoms with Crippen LogP contribution in [-0.2, 0) is 4.74 Å². The zero-order valence-electron chi connectivity index (χ0n) is 16.6. The first-order valence-electron chi connectivity index (χ1n) is 9.79. The lowest BCUT2D eigenvalue weighted by atomic mass is 10.0. The van der Waals surface area contributed by atoms with Crippen molar-refractivity contribution in [3.05, 3.63) is 30.3 Å². The Labute approximate surface area is 162 Å². The number of nitrogens with zero attached hydrogens (tertiary/aromatic N) is 2. The van der Waals surface area contributed by atoms with Crippen LogP contribution < -0.4 is 16.4 Å². The first-order chi connectivity index (χ1) is 13.0. The normalized spacial score (nSPS) is 16.9. The number of hydrogen-bond donors (Lipinski definition) is 3. The maximum atomic E-state index is 11.7. The van der Waals surface area contributed by atoms with E-state index in [4.69, 9.17) is 10.5 Å². The van der Waals surface area contributed by atoms with Crippen LogP contribution >= 0.6 is 0 Å². The average molecular weight is 376 g/mol. The molecule has 1 aromatic rings. The number of para-hydroxylation sites is 1. The molecule has 7 heteroatoms. The van der Waals surface area contributed by atoms with Crippen molar-refractivity contribution >= 4 is 17.7 Å². The van der Waals surface area contributed by atoms with E-state index in [9.17, 15) is 4.79 Å². The van der Waals surface area contributed by atoms with Gasteiger partial charge in [0.25, 0.3) is 0 Å². The molecule has 27 heavy (non-hydrogen) atoms. The third kappa shape index (κ3) is 7.00. The second-order valence-corrected chi connectivity index (χ2v) is 7.19. The third-order valence-electron chi connectivity index (χ3n) is 4.76. The number of likely N-dealkylation sites (tertiary alicyclic amines) is 1. The van der Waals surface area contributed by atoms with Crippen LogP contribution in [0.4, 0.5) is 10.5 Å². The molecule has 0 radical (unpaired) electrons. The van der Waals surface area contributed by atoms with E-state index in [1.807, 2.05) is 25.1 Å². The van der Waals surface area contributed by atoms with Gasteiger partial charge >= 0.3 is 6.09 Å². The molecule has 1 saturated heterocycles. The van der Waals surface area contributed by atoms with E-state index in [2.05, 4.69) is 41.6 Å². The topological polar surface area (TPSA) is 92.0 Å². The fourth-order valence-corrected chi connectivity index (χ4v) is 3.04. The summed E-state index contributed by atoms with van der Waals surface area (Å²) in [5.41, 5.74) is 7.18. The van der Waals surface area contributed by atoms with Crippen molar-refractivity contribution in [3.8, 4) is 0 Å². The molecule has 1 unspecified atom stereocenters. The molecule has 0 bridgehead atoms. The van der Waals surface area contributed by atoms with Crippen LogP contribution in [0.1, 0.15) is 33.6 Å². The molecule has 2 rings (SSSR count). The van der Waals surface area contributed by atoms with Gasteiger partial charge in [-0.3, -0.25) is 4.99 Å². The molecule has 1 amide bonds. The first kappa shape index (κ1) is 20.9. The van der Waals surface area contributed by atoms with E-state index < -0.39 is 0 Å². The Bertz CT molecular complexity index is 598. The highest BCUT2D eigenvalue weighted by atomic mass is 16.6. The largest absolute Gasteiger partial charge is 0.450 e. The third-order valence-corrected chi connectivity index (χ3v) is 4.76. The maximum Gasteiger partial charge on any atom is 0.409 e. The monoisotopic (exact) mass is 375 g/mol. The Balaban J connectivity index is 1.80. The molecule has 0 spiro atoms. The second-order valence-electron chi connectivity index (χ2n) is 7.19. The van der Waals surface area contributed by atoms with Crippen molar-refractivity contribution in [1.82, 2.24) is 10.2 Å².